The van der Waals surface area contributed by atoms with Crippen LogP contribution in [0.25, 0.3) is 11.3 Å². The Morgan fingerprint density at radius 1 is 1.43 bits per heavy atom. The molecule has 2 aromatic rings. The van der Waals surface area contributed by atoms with Gasteiger partial charge in [0, 0.05) is 10.6 Å². The molecule has 14 heavy (non-hydrogen) atoms. The number of halogens is 1. The normalized spacial score (nSPS) is 10.4. The highest BCUT2D eigenvalue weighted by Crippen LogP contribution is 2.24. The zero-order valence-corrected chi connectivity index (χ0v) is 8.47. The van der Waals surface area contributed by atoms with Gasteiger partial charge in [0.05, 0.1) is 11.9 Å². The van der Waals surface area contributed by atoms with Crippen molar-refractivity contribution in [2.24, 2.45) is 0 Å². The Balaban J connectivity index is 2.47. The predicted octanol–water partition coefficient (Wildman–Crippen LogP) is 2.62. The summed E-state index contributed by atoms with van der Waals surface area (Å²) in [5.41, 5.74) is 8.41. The van der Waals surface area contributed by atoms with E-state index in [1.54, 1.807) is 6.20 Å². The molecule has 0 aliphatic rings. The molecule has 0 radical (unpaired) electrons. The van der Waals surface area contributed by atoms with E-state index in [2.05, 4.69) is 9.97 Å². The van der Waals surface area contributed by atoms with E-state index in [0.717, 1.165) is 21.8 Å². The molecule has 1 aromatic heterocycles. The van der Waals surface area contributed by atoms with Crippen molar-refractivity contribution in [1.82, 2.24) is 9.97 Å². The first kappa shape index (κ1) is 9.09. The molecule has 0 aliphatic heterocycles. The van der Waals surface area contributed by atoms with Gasteiger partial charge in [-0.2, -0.15) is 0 Å². The molecule has 1 heterocycles. The van der Waals surface area contributed by atoms with Crippen LogP contribution in [0.15, 0.2) is 24.4 Å². The van der Waals surface area contributed by atoms with Crippen molar-refractivity contribution < 1.29 is 0 Å². The lowest BCUT2D eigenvalue weighted by Crippen LogP contribution is -1.85. The molecule has 0 bridgehead atoms. The fourth-order valence-electron chi connectivity index (χ4n) is 1.24. The van der Waals surface area contributed by atoms with Crippen molar-refractivity contribution in [1.29, 1.82) is 0 Å². The number of aryl methyl sites for hydroxylation is 1. The van der Waals surface area contributed by atoms with E-state index in [0.29, 0.717) is 5.95 Å². The molecular weight excluding hydrogens is 198 g/mol. The van der Waals surface area contributed by atoms with Gasteiger partial charge >= 0.3 is 0 Å². The van der Waals surface area contributed by atoms with Crippen LogP contribution in [0.3, 0.4) is 0 Å². The van der Waals surface area contributed by atoms with Crippen molar-refractivity contribution in [3.8, 4) is 11.3 Å². The van der Waals surface area contributed by atoms with Crippen LogP contribution >= 0.6 is 11.6 Å². The molecule has 3 N–H and O–H groups in total. The van der Waals surface area contributed by atoms with Gasteiger partial charge in [-0.05, 0) is 18.6 Å². The summed E-state index contributed by atoms with van der Waals surface area (Å²) in [6, 6.07) is 5.84. The van der Waals surface area contributed by atoms with Gasteiger partial charge in [-0.3, -0.25) is 0 Å². The summed E-state index contributed by atoms with van der Waals surface area (Å²) in [6.45, 7) is 1.97. The first-order valence-electron chi connectivity index (χ1n) is 4.24. The molecule has 1 aromatic carbocycles. The largest absolute Gasteiger partial charge is 0.369 e. The average molecular weight is 208 g/mol. The molecule has 0 fully saturated rings. The number of H-pyrrole nitrogens is 1. The summed E-state index contributed by atoms with van der Waals surface area (Å²) in [7, 11) is 0. The van der Waals surface area contributed by atoms with Crippen molar-refractivity contribution >= 4 is 17.5 Å². The minimum Gasteiger partial charge on any atom is -0.369 e. The lowest BCUT2D eigenvalue weighted by molar-refractivity contribution is 1.32. The molecule has 72 valence electrons. The maximum atomic E-state index is 6.00. The van der Waals surface area contributed by atoms with Gasteiger partial charge < -0.3 is 10.7 Å². The molecular formula is C10H10ClN3. The molecule has 0 spiro atoms. The van der Waals surface area contributed by atoms with Gasteiger partial charge in [-0.25, -0.2) is 4.98 Å². The number of nitrogens with one attached hydrogen (secondary N) is 1. The lowest BCUT2D eigenvalue weighted by Gasteiger charge is -2.00. The molecule has 0 amide bonds. The molecule has 2 rings (SSSR count). The van der Waals surface area contributed by atoms with Crippen LogP contribution in [0, 0.1) is 6.92 Å². The van der Waals surface area contributed by atoms with Crippen LogP contribution in [0.2, 0.25) is 5.02 Å². The maximum Gasteiger partial charge on any atom is 0.197 e. The van der Waals surface area contributed by atoms with E-state index >= 15 is 0 Å². The molecule has 4 heteroatoms. The number of hydrogen-bond acceptors (Lipinski definition) is 2. The van der Waals surface area contributed by atoms with Crippen LogP contribution in [0.1, 0.15) is 5.56 Å². The number of hydrogen-bond donors (Lipinski definition) is 2. The number of nitrogens with zero attached hydrogens (tertiary/aromatic N) is 1. The van der Waals surface area contributed by atoms with Crippen LogP contribution in [-0.4, -0.2) is 9.97 Å². The Bertz CT molecular complexity index is 462. The van der Waals surface area contributed by atoms with Crippen molar-refractivity contribution in [2.45, 2.75) is 6.92 Å². The zero-order valence-electron chi connectivity index (χ0n) is 7.71. The topological polar surface area (TPSA) is 54.7 Å². The molecule has 0 aliphatic carbocycles. The third-order valence-electron chi connectivity index (χ3n) is 2.08. The quantitative estimate of drug-likeness (QED) is 0.755. The SMILES string of the molecule is Cc1ccc(-c2cnc(N)[nH]2)cc1Cl. The summed E-state index contributed by atoms with van der Waals surface area (Å²) < 4.78 is 0. The van der Waals surface area contributed by atoms with Gasteiger partial charge in [-0.15, -0.1) is 0 Å². The van der Waals surface area contributed by atoms with Crippen LogP contribution in [-0.2, 0) is 0 Å². The number of anilines is 1. The fourth-order valence-corrected chi connectivity index (χ4v) is 1.42. The maximum absolute atomic E-state index is 6.00. The van der Waals surface area contributed by atoms with Gasteiger partial charge in [0.25, 0.3) is 0 Å². The van der Waals surface area contributed by atoms with E-state index in [1.807, 2.05) is 25.1 Å². The first-order chi connectivity index (χ1) is 6.66. The van der Waals surface area contributed by atoms with Gasteiger partial charge in [-0.1, -0.05) is 23.7 Å². The monoisotopic (exact) mass is 207 g/mol. The number of nitrogens with two attached hydrogens (primary N) is 1. The highest BCUT2D eigenvalue weighted by atomic mass is 35.5. The third kappa shape index (κ3) is 1.59. The van der Waals surface area contributed by atoms with E-state index in [1.165, 1.54) is 0 Å². The Morgan fingerprint density at radius 2 is 2.21 bits per heavy atom. The van der Waals surface area contributed by atoms with Crippen molar-refractivity contribution in [2.75, 3.05) is 5.73 Å². The molecule has 0 saturated heterocycles. The van der Waals surface area contributed by atoms with E-state index < -0.39 is 0 Å². The number of rotatable bonds is 1. The van der Waals surface area contributed by atoms with Gasteiger partial charge in [0.1, 0.15) is 0 Å². The highest BCUT2D eigenvalue weighted by molar-refractivity contribution is 6.31. The Kier molecular flexibility index (Phi) is 2.17. The zero-order chi connectivity index (χ0) is 10.1. The van der Waals surface area contributed by atoms with Crippen molar-refractivity contribution in [3.63, 3.8) is 0 Å². The Hall–Kier alpha value is -1.48. The Morgan fingerprint density at radius 3 is 2.79 bits per heavy atom. The molecule has 0 unspecified atom stereocenters. The average Bonchev–Trinajstić information content (AvgIpc) is 2.57. The minimum absolute atomic E-state index is 0.414. The van der Waals surface area contributed by atoms with Crippen LogP contribution < -0.4 is 5.73 Å². The summed E-state index contributed by atoms with van der Waals surface area (Å²) in [6.07, 6.45) is 1.69. The van der Waals surface area contributed by atoms with Gasteiger partial charge in [0.15, 0.2) is 5.95 Å². The molecule has 0 atom stereocenters. The minimum atomic E-state index is 0.414. The molecule has 3 nitrogen and oxygen atoms in total. The number of aromatic amines is 1. The van der Waals surface area contributed by atoms with E-state index in [4.69, 9.17) is 17.3 Å². The summed E-state index contributed by atoms with van der Waals surface area (Å²) in [5.74, 6) is 0.414. The smallest absolute Gasteiger partial charge is 0.197 e. The highest BCUT2D eigenvalue weighted by Gasteiger charge is 2.02. The second-order valence-corrected chi connectivity index (χ2v) is 3.55. The fraction of sp³-hybridized carbons (Fsp3) is 0.100. The predicted molar refractivity (Wildman–Crippen MR) is 58.2 cm³/mol. The summed E-state index contributed by atoms with van der Waals surface area (Å²) >= 11 is 6.00. The Labute approximate surface area is 86.9 Å². The van der Waals surface area contributed by atoms with Gasteiger partial charge in [0.2, 0.25) is 0 Å². The van der Waals surface area contributed by atoms with E-state index in [9.17, 15) is 0 Å². The second-order valence-electron chi connectivity index (χ2n) is 3.15. The van der Waals surface area contributed by atoms with Crippen LogP contribution in [0.5, 0.6) is 0 Å². The number of imidazole rings is 1. The number of benzene rings is 1. The first-order valence-corrected chi connectivity index (χ1v) is 4.61. The number of aromatic nitrogens is 2. The summed E-state index contributed by atoms with van der Waals surface area (Å²) in [4.78, 5) is 6.87. The second kappa shape index (κ2) is 3.35. The third-order valence-corrected chi connectivity index (χ3v) is 2.49. The lowest BCUT2D eigenvalue weighted by atomic mass is 10.1. The standard InChI is InChI=1S/C10H10ClN3/c1-6-2-3-7(4-8(6)11)9-5-13-10(12)14-9/h2-5H,1H3,(H3,12,13,14). The number of nitrogen functional groups attached to an aromatic ring is 1. The van der Waals surface area contributed by atoms with Crippen molar-refractivity contribution in [3.05, 3.63) is 35.0 Å². The molecule has 0 saturated carbocycles. The van der Waals surface area contributed by atoms with Crippen LogP contribution in [0.4, 0.5) is 5.95 Å². The van der Waals surface area contributed by atoms with E-state index in [-0.39, 0.29) is 0 Å². The summed E-state index contributed by atoms with van der Waals surface area (Å²) in [5, 5.41) is 0.746.